The van der Waals surface area contributed by atoms with Gasteiger partial charge in [-0.3, -0.25) is 0 Å². The number of thioether (sulfide) groups is 1. The number of aromatic nitrogens is 2. The predicted octanol–water partition coefficient (Wildman–Crippen LogP) is 1.13. The summed E-state index contributed by atoms with van der Waals surface area (Å²) in [6.45, 7) is -0.162. The zero-order chi connectivity index (χ0) is 8.39. The van der Waals surface area contributed by atoms with Crippen molar-refractivity contribution in [2.45, 2.75) is 24.7 Å². The Morgan fingerprint density at radius 1 is 1.67 bits per heavy atom. The molecule has 1 unspecified atom stereocenters. The third-order valence-electron chi connectivity index (χ3n) is 1.84. The second kappa shape index (κ2) is 3.45. The van der Waals surface area contributed by atoms with Crippen molar-refractivity contribution in [1.82, 2.24) is 10.1 Å². The van der Waals surface area contributed by atoms with Crippen molar-refractivity contribution in [2.24, 2.45) is 0 Å². The smallest absolute Gasteiger partial charge is 0.252 e. The lowest BCUT2D eigenvalue weighted by atomic mass is 10.2. The minimum Gasteiger partial charge on any atom is -0.387 e. The Labute approximate surface area is 74.4 Å². The molecule has 0 spiro atoms. The fourth-order valence-electron chi connectivity index (χ4n) is 1.24. The van der Waals surface area contributed by atoms with Gasteiger partial charge in [-0.25, -0.2) is 0 Å². The molecule has 12 heavy (non-hydrogen) atoms. The van der Waals surface area contributed by atoms with Crippen LogP contribution in [0.25, 0.3) is 0 Å². The highest BCUT2D eigenvalue weighted by molar-refractivity contribution is 7.99. The summed E-state index contributed by atoms with van der Waals surface area (Å²) in [7, 11) is 0. The lowest BCUT2D eigenvalue weighted by molar-refractivity contribution is 0.222. The van der Waals surface area contributed by atoms with Gasteiger partial charge in [0.05, 0.1) is 5.25 Å². The summed E-state index contributed by atoms with van der Waals surface area (Å²) >= 11 is 1.85. The van der Waals surface area contributed by atoms with E-state index >= 15 is 0 Å². The number of rotatable bonds is 2. The number of aliphatic hydroxyl groups excluding tert-OH is 1. The van der Waals surface area contributed by atoms with Gasteiger partial charge in [0, 0.05) is 0 Å². The largest absolute Gasteiger partial charge is 0.387 e. The van der Waals surface area contributed by atoms with Gasteiger partial charge in [-0.1, -0.05) is 5.16 Å². The maximum Gasteiger partial charge on any atom is 0.252 e. The van der Waals surface area contributed by atoms with E-state index in [0.29, 0.717) is 11.1 Å². The van der Waals surface area contributed by atoms with Crippen LogP contribution in [-0.4, -0.2) is 21.0 Å². The standard InChI is InChI=1S/C7H10N2O2S/c10-4-6-8-7(9-11-6)5-2-1-3-12-5/h5,10H,1-4H2. The van der Waals surface area contributed by atoms with Crippen LogP contribution in [0.4, 0.5) is 0 Å². The van der Waals surface area contributed by atoms with Gasteiger partial charge in [0.25, 0.3) is 5.89 Å². The van der Waals surface area contributed by atoms with Crippen molar-refractivity contribution < 1.29 is 9.63 Å². The van der Waals surface area contributed by atoms with Crippen molar-refractivity contribution >= 4 is 11.8 Å². The van der Waals surface area contributed by atoms with E-state index in [1.165, 1.54) is 12.2 Å². The molecule has 5 heteroatoms. The first-order chi connectivity index (χ1) is 5.90. The van der Waals surface area contributed by atoms with Crippen LogP contribution in [0, 0.1) is 0 Å². The molecule has 0 amide bonds. The first-order valence-corrected chi connectivity index (χ1v) is 5.00. The summed E-state index contributed by atoms with van der Waals surface area (Å²) in [6, 6.07) is 0. The average molecular weight is 186 g/mol. The van der Waals surface area contributed by atoms with Gasteiger partial charge >= 0.3 is 0 Å². The van der Waals surface area contributed by atoms with Crippen molar-refractivity contribution in [2.75, 3.05) is 5.75 Å². The fourth-order valence-corrected chi connectivity index (χ4v) is 2.44. The number of hydrogen-bond acceptors (Lipinski definition) is 5. The summed E-state index contributed by atoms with van der Waals surface area (Å²) in [5, 5.41) is 12.9. The van der Waals surface area contributed by atoms with Crippen LogP contribution in [0.2, 0.25) is 0 Å². The third kappa shape index (κ3) is 1.47. The normalized spacial score (nSPS) is 23.2. The van der Waals surface area contributed by atoms with Crippen LogP contribution in [0.15, 0.2) is 4.52 Å². The average Bonchev–Trinajstić information content (AvgIpc) is 2.75. The van der Waals surface area contributed by atoms with Gasteiger partial charge in [-0.05, 0) is 18.6 Å². The Hall–Kier alpha value is -0.550. The first kappa shape index (κ1) is 8.07. The lowest BCUT2D eigenvalue weighted by Gasteiger charge is -1.98. The minimum atomic E-state index is -0.162. The highest BCUT2D eigenvalue weighted by Crippen LogP contribution is 2.38. The number of nitrogens with zero attached hydrogens (tertiary/aromatic N) is 2. The second-order valence-electron chi connectivity index (χ2n) is 2.71. The monoisotopic (exact) mass is 186 g/mol. The molecule has 0 aliphatic carbocycles. The highest BCUT2D eigenvalue weighted by atomic mass is 32.2. The first-order valence-electron chi connectivity index (χ1n) is 3.95. The van der Waals surface area contributed by atoms with Crippen LogP contribution < -0.4 is 0 Å². The quantitative estimate of drug-likeness (QED) is 0.750. The number of hydrogen-bond donors (Lipinski definition) is 1. The van der Waals surface area contributed by atoms with E-state index in [0.717, 1.165) is 12.2 Å². The molecule has 1 aromatic rings. The molecule has 2 rings (SSSR count). The maximum atomic E-state index is 8.69. The fraction of sp³-hybridized carbons (Fsp3) is 0.714. The van der Waals surface area contributed by atoms with Gasteiger partial charge in [-0.15, -0.1) is 0 Å². The Kier molecular flexibility index (Phi) is 2.32. The Morgan fingerprint density at radius 2 is 2.58 bits per heavy atom. The summed E-state index contributed by atoms with van der Waals surface area (Å²) < 4.78 is 4.80. The Morgan fingerprint density at radius 3 is 3.17 bits per heavy atom. The Balaban J connectivity index is 2.11. The molecule has 0 aromatic carbocycles. The van der Waals surface area contributed by atoms with E-state index in [9.17, 15) is 0 Å². The van der Waals surface area contributed by atoms with Crippen molar-refractivity contribution in [1.29, 1.82) is 0 Å². The zero-order valence-electron chi connectivity index (χ0n) is 6.56. The van der Waals surface area contributed by atoms with Gasteiger partial charge in [0.15, 0.2) is 5.82 Å². The van der Waals surface area contributed by atoms with Crippen molar-refractivity contribution in [3.05, 3.63) is 11.7 Å². The van der Waals surface area contributed by atoms with Crippen LogP contribution >= 0.6 is 11.8 Å². The molecule has 0 radical (unpaired) electrons. The molecule has 1 N–H and O–H groups in total. The summed E-state index contributed by atoms with van der Waals surface area (Å²) in [5.74, 6) is 2.23. The number of aliphatic hydroxyl groups is 1. The molecule has 4 nitrogen and oxygen atoms in total. The summed E-state index contributed by atoms with van der Waals surface area (Å²) in [5.41, 5.74) is 0. The topological polar surface area (TPSA) is 59.2 Å². The van der Waals surface area contributed by atoms with Gasteiger partial charge < -0.3 is 9.63 Å². The Bertz CT molecular complexity index is 258. The zero-order valence-corrected chi connectivity index (χ0v) is 7.38. The lowest BCUT2D eigenvalue weighted by Crippen LogP contribution is -1.91. The van der Waals surface area contributed by atoms with Crippen molar-refractivity contribution in [3.8, 4) is 0 Å². The van der Waals surface area contributed by atoms with Gasteiger partial charge in [-0.2, -0.15) is 16.7 Å². The molecule has 1 aromatic heterocycles. The molecule has 0 saturated carbocycles. The summed E-state index contributed by atoms with van der Waals surface area (Å²) in [6.07, 6.45) is 2.34. The second-order valence-corrected chi connectivity index (χ2v) is 4.02. The summed E-state index contributed by atoms with van der Waals surface area (Å²) in [4.78, 5) is 4.06. The highest BCUT2D eigenvalue weighted by Gasteiger charge is 2.22. The van der Waals surface area contributed by atoms with E-state index in [4.69, 9.17) is 9.63 Å². The van der Waals surface area contributed by atoms with E-state index in [2.05, 4.69) is 10.1 Å². The molecule has 1 aliphatic heterocycles. The maximum absolute atomic E-state index is 8.69. The molecule has 1 fully saturated rings. The third-order valence-corrected chi connectivity index (χ3v) is 3.21. The predicted molar refractivity (Wildman–Crippen MR) is 44.7 cm³/mol. The minimum absolute atomic E-state index is 0.162. The molecule has 1 saturated heterocycles. The van der Waals surface area contributed by atoms with Gasteiger partial charge in [0.1, 0.15) is 6.61 Å². The molecule has 66 valence electrons. The van der Waals surface area contributed by atoms with E-state index in [1.807, 2.05) is 11.8 Å². The van der Waals surface area contributed by atoms with E-state index in [-0.39, 0.29) is 6.61 Å². The molecule has 1 aliphatic rings. The van der Waals surface area contributed by atoms with Gasteiger partial charge in [0.2, 0.25) is 0 Å². The van der Waals surface area contributed by atoms with E-state index < -0.39 is 0 Å². The molecular weight excluding hydrogens is 176 g/mol. The van der Waals surface area contributed by atoms with Crippen LogP contribution in [0.5, 0.6) is 0 Å². The van der Waals surface area contributed by atoms with Crippen molar-refractivity contribution in [3.63, 3.8) is 0 Å². The van der Waals surface area contributed by atoms with Crippen LogP contribution in [0.3, 0.4) is 0 Å². The molecule has 0 bridgehead atoms. The van der Waals surface area contributed by atoms with E-state index in [1.54, 1.807) is 0 Å². The molecule has 1 atom stereocenters. The molecule has 2 heterocycles. The molecular formula is C7H10N2O2S. The van der Waals surface area contributed by atoms with Crippen LogP contribution in [0.1, 0.15) is 29.8 Å². The van der Waals surface area contributed by atoms with Crippen LogP contribution in [-0.2, 0) is 6.61 Å². The SMILES string of the molecule is OCc1nc(C2CCCS2)no1.